The summed E-state index contributed by atoms with van der Waals surface area (Å²) in [7, 11) is 0. The molecule has 1 aromatic carbocycles. The Hall–Kier alpha value is -1.63. The van der Waals surface area contributed by atoms with Crippen LogP contribution in [0.15, 0.2) is 42.7 Å². The third kappa shape index (κ3) is 3.09. The summed E-state index contributed by atoms with van der Waals surface area (Å²) in [5, 5.41) is 0.327. The first-order valence-electron chi connectivity index (χ1n) is 5.66. The summed E-state index contributed by atoms with van der Waals surface area (Å²) < 4.78 is 38.2. The van der Waals surface area contributed by atoms with E-state index in [9.17, 15) is 13.2 Å². The Labute approximate surface area is 118 Å². The van der Waals surface area contributed by atoms with Crippen molar-refractivity contribution in [1.29, 1.82) is 0 Å². The molecule has 0 radical (unpaired) electrons. The summed E-state index contributed by atoms with van der Waals surface area (Å²) in [6.45, 7) is 0. The molecule has 1 atom stereocenters. The molecule has 2 rings (SSSR count). The largest absolute Gasteiger partial charge is 0.416 e. The van der Waals surface area contributed by atoms with E-state index in [0.29, 0.717) is 16.1 Å². The summed E-state index contributed by atoms with van der Waals surface area (Å²) >= 11 is 6.00. The zero-order valence-corrected chi connectivity index (χ0v) is 10.9. The van der Waals surface area contributed by atoms with Crippen LogP contribution in [0.4, 0.5) is 13.2 Å². The maximum Gasteiger partial charge on any atom is 0.416 e. The molecule has 0 aliphatic rings. The monoisotopic (exact) mass is 301 g/mol. The van der Waals surface area contributed by atoms with Crippen LogP contribution < -0.4 is 11.3 Å². The third-order valence-electron chi connectivity index (χ3n) is 2.83. The second kappa shape index (κ2) is 5.78. The summed E-state index contributed by atoms with van der Waals surface area (Å²) in [5.74, 6) is 5.45. The molecule has 1 heterocycles. The normalized spacial score (nSPS) is 13.2. The van der Waals surface area contributed by atoms with Gasteiger partial charge in [0, 0.05) is 12.4 Å². The number of nitrogens with two attached hydrogens (primary N) is 1. The summed E-state index contributed by atoms with van der Waals surface area (Å²) in [6, 6.07) is 5.89. The second-order valence-corrected chi connectivity index (χ2v) is 4.53. The average Bonchev–Trinajstić information content (AvgIpc) is 2.41. The molecule has 2 aromatic rings. The highest BCUT2D eigenvalue weighted by molar-refractivity contribution is 6.31. The smallest absolute Gasteiger partial charge is 0.271 e. The van der Waals surface area contributed by atoms with Crippen molar-refractivity contribution < 1.29 is 13.2 Å². The van der Waals surface area contributed by atoms with Gasteiger partial charge in [0.05, 0.1) is 16.6 Å². The van der Waals surface area contributed by atoms with Gasteiger partial charge in [0.15, 0.2) is 0 Å². The molecule has 1 aromatic heterocycles. The first-order valence-corrected chi connectivity index (χ1v) is 6.04. The molecule has 0 bridgehead atoms. The Morgan fingerprint density at radius 2 is 2.00 bits per heavy atom. The van der Waals surface area contributed by atoms with E-state index < -0.39 is 17.8 Å². The zero-order valence-electron chi connectivity index (χ0n) is 10.2. The Bertz CT molecular complexity index is 601. The van der Waals surface area contributed by atoms with Gasteiger partial charge in [0.2, 0.25) is 0 Å². The number of alkyl halides is 3. The fourth-order valence-corrected chi connectivity index (χ4v) is 2.11. The molecular weight excluding hydrogens is 291 g/mol. The van der Waals surface area contributed by atoms with Gasteiger partial charge in [0.25, 0.3) is 0 Å². The van der Waals surface area contributed by atoms with E-state index in [0.717, 1.165) is 12.1 Å². The van der Waals surface area contributed by atoms with Gasteiger partial charge >= 0.3 is 6.18 Å². The standard InChI is InChI=1S/C13H11ClF3N3/c14-11-7-19-5-4-10(11)12(20-18)8-2-1-3-9(6-8)13(15,16)17/h1-7,12,20H,18H2. The molecule has 0 saturated heterocycles. The number of hydrazine groups is 1. The lowest BCUT2D eigenvalue weighted by Crippen LogP contribution is -2.29. The van der Waals surface area contributed by atoms with Crippen molar-refractivity contribution in [3.63, 3.8) is 0 Å². The number of nitrogens with zero attached hydrogens (tertiary/aromatic N) is 1. The summed E-state index contributed by atoms with van der Waals surface area (Å²) in [5.41, 5.74) is 2.67. The topological polar surface area (TPSA) is 50.9 Å². The van der Waals surface area contributed by atoms with Crippen LogP contribution in [0.3, 0.4) is 0 Å². The molecule has 0 amide bonds. The lowest BCUT2D eigenvalue weighted by Gasteiger charge is -2.19. The molecule has 0 saturated carbocycles. The van der Waals surface area contributed by atoms with Crippen LogP contribution in [0, 0.1) is 0 Å². The number of rotatable bonds is 3. The molecule has 20 heavy (non-hydrogen) atoms. The highest BCUT2D eigenvalue weighted by Crippen LogP contribution is 2.33. The second-order valence-electron chi connectivity index (χ2n) is 4.12. The lowest BCUT2D eigenvalue weighted by molar-refractivity contribution is -0.137. The number of nitrogens with one attached hydrogen (secondary N) is 1. The highest BCUT2D eigenvalue weighted by Gasteiger charge is 2.31. The minimum absolute atomic E-state index is 0.327. The number of hydrogen-bond acceptors (Lipinski definition) is 3. The zero-order chi connectivity index (χ0) is 14.8. The van der Waals surface area contributed by atoms with Crippen LogP contribution in [0.25, 0.3) is 0 Å². The van der Waals surface area contributed by atoms with Crippen LogP contribution in [0.1, 0.15) is 22.7 Å². The van der Waals surface area contributed by atoms with Crippen LogP contribution in [-0.2, 0) is 6.18 Å². The van der Waals surface area contributed by atoms with Crippen molar-refractivity contribution in [1.82, 2.24) is 10.4 Å². The van der Waals surface area contributed by atoms with Gasteiger partial charge in [-0.15, -0.1) is 0 Å². The maximum atomic E-state index is 12.7. The highest BCUT2D eigenvalue weighted by atomic mass is 35.5. The number of pyridine rings is 1. The van der Waals surface area contributed by atoms with Gasteiger partial charge < -0.3 is 0 Å². The number of benzene rings is 1. The van der Waals surface area contributed by atoms with E-state index >= 15 is 0 Å². The van der Waals surface area contributed by atoms with E-state index in [-0.39, 0.29) is 0 Å². The van der Waals surface area contributed by atoms with E-state index in [2.05, 4.69) is 10.4 Å². The van der Waals surface area contributed by atoms with Gasteiger partial charge in [-0.1, -0.05) is 23.7 Å². The van der Waals surface area contributed by atoms with Crippen molar-refractivity contribution in [2.24, 2.45) is 5.84 Å². The van der Waals surface area contributed by atoms with E-state index in [1.54, 1.807) is 12.1 Å². The number of aromatic nitrogens is 1. The van der Waals surface area contributed by atoms with E-state index in [1.807, 2.05) is 0 Å². The summed E-state index contributed by atoms with van der Waals surface area (Å²) in [4.78, 5) is 3.83. The molecule has 0 aliphatic carbocycles. The van der Waals surface area contributed by atoms with Crippen molar-refractivity contribution in [3.8, 4) is 0 Å². The first kappa shape index (κ1) is 14.8. The van der Waals surface area contributed by atoms with Gasteiger partial charge in [-0.05, 0) is 29.3 Å². The Morgan fingerprint density at radius 3 is 2.60 bits per heavy atom. The van der Waals surface area contributed by atoms with Gasteiger partial charge in [0.1, 0.15) is 0 Å². The van der Waals surface area contributed by atoms with Crippen molar-refractivity contribution >= 4 is 11.6 Å². The lowest BCUT2D eigenvalue weighted by atomic mass is 9.98. The van der Waals surface area contributed by atoms with Gasteiger partial charge in [-0.25, -0.2) is 5.43 Å². The molecule has 0 fully saturated rings. The van der Waals surface area contributed by atoms with Crippen molar-refractivity contribution in [2.75, 3.05) is 0 Å². The Balaban J connectivity index is 2.46. The fraction of sp³-hybridized carbons (Fsp3) is 0.154. The van der Waals surface area contributed by atoms with Crippen molar-refractivity contribution in [2.45, 2.75) is 12.2 Å². The van der Waals surface area contributed by atoms with Gasteiger partial charge in [-0.3, -0.25) is 10.8 Å². The quantitative estimate of drug-likeness (QED) is 0.675. The molecule has 0 spiro atoms. The molecule has 7 heteroatoms. The maximum absolute atomic E-state index is 12.7. The Kier molecular flexibility index (Phi) is 4.27. The first-order chi connectivity index (χ1) is 9.43. The molecule has 3 nitrogen and oxygen atoms in total. The minimum atomic E-state index is -4.41. The summed E-state index contributed by atoms with van der Waals surface area (Å²) in [6.07, 6.45) is -1.49. The third-order valence-corrected chi connectivity index (χ3v) is 3.14. The van der Waals surface area contributed by atoms with Crippen LogP contribution in [0.5, 0.6) is 0 Å². The van der Waals surface area contributed by atoms with Crippen molar-refractivity contribution in [3.05, 3.63) is 64.4 Å². The molecule has 0 aliphatic heterocycles. The van der Waals surface area contributed by atoms with E-state index in [1.165, 1.54) is 18.5 Å². The van der Waals surface area contributed by atoms with Crippen LogP contribution in [-0.4, -0.2) is 4.98 Å². The van der Waals surface area contributed by atoms with Crippen LogP contribution in [0.2, 0.25) is 5.02 Å². The predicted molar refractivity (Wildman–Crippen MR) is 69.9 cm³/mol. The predicted octanol–water partition coefficient (Wildman–Crippen LogP) is 3.31. The molecule has 106 valence electrons. The SMILES string of the molecule is NNC(c1cccc(C(F)(F)F)c1)c1ccncc1Cl. The van der Waals surface area contributed by atoms with Gasteiger partial charge in [-0.2, -0.15) is 13.2 Å². The fourth-order valence-electron chi connectivity index (χ4n) is 1.88. The number of hydrogen-bond donors (Lipinski definition) is 2. The number of halogens is 4. The van der Waals surface area contributed by atoms with E-state index in [4.69, 9.17) is 17.4 Å². The molecule has 3 N–H and O–H groups in total. The average molecular weight is 302 g/mol. The molecule has 1 unspecified atom stereocenters. The molecular formula is C13H11ClF3N3. The minimum Gasteiger partial charge on any atom is -0.271 e. The Morgan fingerprint density at radius 1 is 1.25 bits per heavy atom. The van der Waals surface area contributed by atoms with Crippen LogP contribution >= 0.6 is 11.6 Å².